The summed E-state index contributed by atoms with van der Waals surface area (Å²) >= 11 is 1.69. The van der Waals surface area contributed by atoms with Crippen LogP contribution in [0, 0.1) is 6.92 Å². The predicted octanol–water partition coefficient (Wildman–Crippen LogP) is 4.18. The summed E-state index contributed by atoms with van der Waals surface area (Å²) in [6.07, 6.45) is 1.34. The maximum atomic E-state index is 12.7. The van der Waals surface area contributed by atoms with Crippen LogP contribution in [-0.2, 0) is 9.59 Å². The van der Waals surface area contributed by atoms with Gasteiger partial charge in [0.25, 0.3) is 0 Å². The molecule has 0 aliphatic carbocycles. The van der Waals surface area contributed by atoms with Gasteiger partial charge < -0.3 is 15.0 Å². The molecule has 140 valence electrons. The third-order valence-electron chi connectivity index (χ3n) is 5.13. The average Bonchev–Trinajstić information content (AvgIpc) is 3.15. The van der Waals surface area contributed by atoms with Crippen LogP contribution in [0.15, 0.2) is 48.5 Å². The molecule has 2 aliphatic heterocycles. The van der Waals surface area contributed by atoms with Crippen LogP contribution >= 0.6 is 11.8 Å². The summed E-state index contributed by atoms with van der Waals surface area (Å²) in [5.41, 5.74) is 1.87. The number of aryl methyl sites for hydroxylation is 1. The maximum absolute atomic E-state index is 12.7. The number of carbonyl (C=O) groups excluding carboxylic acids is 2. The van der Waals surface area contributed by atoms with Crippen LogP contribution in [0.25, 0.3) is 0 Å². The van der Waals surface area contributed by atoms with Crippen molar-refractivity contribution < 1.29 is 14.3 Å². The third kappa shape index (κ3) is 3.54. The van der Waals surface area contributed by atoms with Gasteiger partial charge in [-0.25, -0.2) is 0 Å². The summed E-state index contributed by atoms with van der Waals surface area (Å²) in [6, 6.07) is 14.7. The van der Waals surface area contributed by atoms with Crippen molar-refractivity contribution in [2.75, 3.05) is 11.1 Å². The van der Waals surface area contributed by atoms with Crippen LogP contribution in [0.3, 0.4) is 0 Å². The highest BCUT2D eigenvalue weighted by molar-refractivity contribution is 8.01. The van der Waals surface area contributed by atoms with E-state index in [1.165, 1.54) is 5.56 Å². The molecule has 4 rings (SSSR count). The smallest absolute Gasteiger partial charge is 0.248 e. The first-order chi connectivity index (χ1) is 12.9. The SMILES string of the molecule is Cc1ccc(Oc2ccc(NC(=O)C3CSC4(C)CCC(=O)N34)cc2)cc1. The molecule has 0 spiro atoms. The normalized spacial score (nSPS) is 24.0. The first-order valence-corrected chi connectivity index (χ1v) is 10.0. The molecule has 0 radical (unpaired) electrons. The van der Waals surface area contributed by atoms with Crippen molar-refractivity contribution in [2.45, 2.75) is 37.6 Å². The number of ether oxygens (including phenoxy) is 1. The number of amides is 2. The van der Waals surface area contributed by atoms with E-state index in [9.17, 15) is 9.59 Å². The molecule has 2 heterocycles. The van der Waals surface area contributed by atoms with Crippen LogP contribution < -0.4 is 10.1 Å². The van der Waals surface area contributed by atoms with Gasteiger partial charge in [0.05, 0.1) is 4.87 Å². The van der Waals surface area contributed by atoms with Crippen molar-refractivity contribution in [3.63, 3.8) is 0 Å². The van der Waals surface area contributed by atoms with Crippen LogP contribution in [0.2, 0.25) is 0 Å². The standard InChI is InChI=1S/C21H22N2O3S/c1-14-3-7-16(8-4-14)26-17-9-5-15(6-10-17)22-20(25)18-13-27-21(2)12-11-19(24)23(18)21/h3-10,18H,11-13H2,1-2H3,(H,22,25). The zero-order valence-corrected chi connectivity index (χ0v) is 16.2. The Balaban J connectivity index is 1.40. The first-order valence-electron chi connectivity index (χ1n) is 9.06. The van der Waals surface area contributed by atoms with E-state index in [2.05, 4.69) is 5.32 Å². The summed E-state index contributed by atoms with van der Waals surface area (Å²) in [5.74, 6) is 2.06. The van der Waals surface area contributed by atoms with Gasteiger partial charge in [-0.2, -0.15) is 0 Å². The van der Waals surface area contributed by atoms with Crippen molar-refractivity contribution in [3.05, 3.63) is 54.1 Å². The highest BCUT2D eigenvalue weighted by atomic mass is 32.2. The Morgan fingerprint density at radius 3 is 2.44 bits per heavy atom. The number of hydrogen-bond acceptors (Lipinski definition) is 4. The van der Waals surface area contributed by atoms with E-state index in [-0.39, 0.29) is 16.7 Å². The summed E-state index contributed by atoms with van der Waals surface area (Å²) in [4.78, 5) is 26.4. The molecule has 2 aromatic rings. The number of rotatable bonds is 4. The van der Waals surface area contributed by atoms with Gasteiger partial charge in [-0.3, -0.25) is 9.59 Å². The van der Waals surface area contributed by atoms with Crippen molar-refractivity contribution in [2.24, 2.45) is 0 Å². The van der Waals surface area contributed by atoms with Gasteiger partial charge in [-0.1, -0.05) is 17.7 Å². The Morgan fingerprint density at radius 1 is 1.15 bits per heavy atom. The molecule has 2 unspecified atom stereocenters. The van der Waals surface area contributed by atoms with Gasteiger partial charge >= 0.3 is 0 Å². The molecule has 2 atom stereocenters. The van der Waals surface area contributed by atoms with Crippen molar-refractivity contribution >= 4 is 29.3 Å². The van der Waals surface area contributed by atoms with Crippen LogP contribution in [0.4, 0.5) is 5.69 Å². The van der Waals surface area contributed by atoms with Gasteiger partial charge in [0.1, 0.15) is 17.5 Å². The monoisotopic (exact) mass is 382 g/mol. The molecule has 6 heteroatoms. The zero-order valence-electron chi connectivity index (χ0n) is 15.4. The molecule has 2 amide bonds. The highest BCUT2D eigenvalue weighted by Crippen LogP contribution is 2.47. The summed E-state index contributed by atoms with van der Waals surface area (Å²) in [6.45, 7) is 4.08. The second-order valence-electron chi connectivity index (χ2n) is 7.19. The van der Waals surface area contributed by atoms with Gasteiger partial charge in [0.2, 0.25) is 11.8 Å². The van der Waals surface area contributed by atoms with Gasteiger partial charge in [-0.05, 0) is 56.7 Å². The second kappa shape index (κ2) is 6.93. The first kappa shape index (κ1) is 17.9. The number of fused-ring (bicyclic) bond motifs is 1. The molecule has 0 bridgehead atoms. The van der Waals surface area contributed by atoms with Gasteiger partial charge in [-0.15, -0.1) is 11.8 Å². The Morgan fingerprint density at radius 2 is 1.78 bits per heavy atom. The molecule has 0 saturated carbocycles. The number of nitrogens with one attached hydrogen (secondary N) is 1. The van der Waals surface area contributed by atoms with E-state index in [0.717, 1.165) is 12.2 Å². The number of nitrogens with zero attached hydrogens (tertiary/aromatic N) is 1. The summed E-state index contributed by atoms with van der Waals surface area (Å²) in [7, 11) is 0. The summed E-state index contributed by atoms with van der Waals surface area (Å²) < 4.78 is 5.81. The molecular formula is C21H22N2O3S. The Labute approximate surface area is 163 Å². The quantitative estimate of drug-likeness (QED) is 0.862. The number of thioether (sulfide) groups is 1. The molecule has 0 aromatic heterocycles. The van der Waals surface area contributed by atoms with Crippen molar-refractivity contribution in [1.29, 1.82) is 0 Å². The van der Waals surface area contributed by atoms with Crippen molar-refractivity contribution in [1.82, 2.24) is 4.90 Å². The number of hydrogen-bond donors (Lipinski definition) is 1. The van der Waals surface area contributed by atoms with E-state index in [4.69, 9.17) is 4.74 Å². The van der Waals surface area contributed by atoms with Crippen LogP contribution in [0.1, 0.15) is 25.3 Å². The molecule has 2 saturated heterocycles. The topological polar surface area (TPSA) is 58.6 Å². The second-order valence-corrected chi connectivity index (χ2v) is 8.70. The fourth-order valence-corrected chi connectivity index (χ4v) is 5.02. The van der Waals surface area contributed by atoms with E-state index < -0.39 is 6.04 Å². The number of anilines is 1. The zero-order chi connectivity index (χ0) is 19.0. The molecule has 2 aliphatic rings. The third-order valence-corrected chi connectivity index (χ3v) is 6.63. The minimum atomic E-state index is -0.404. The van der Waals surface area contributed by atoms with E-state index in [0.29, 0.717) is 23.6 Å². The predicted molar refractivity (Wildman–Crippen MR) is 107 cm³/mol. The largest absolute Gasteiger partial charge is 0.457 e. The molecule has 27 heavy (non-hydrogen) atoms. The Bertz CT molecular complexity index is 866. The lowest BCUT2D eigenvalue weighted by Gasteiger charge is -2.29. The summed E-state index contributed by atoms with van der Waals surface area (Å²) in [5, 5.41) is 2.93. The van der Waals surface area contributed by atoms with E-state index in [1.54, 1.807) is 16.7 Å². The minimum absolute atomic E-state index is 0.0736. The lowest BCUT2D eigenvalue weighted by atomic mass is 10.2. The Hall–Kier alpha value is -2.47. The van der Waals surface area contributed by atoms with Gasteiger partial charge in [0.15, 0.2) is 0 Å². The minimum Gasteiger partial charge on any atom is -0.457 e. The van der Waals surface area contributed by atoms with Crippen LogP contribution in [0.5, 0.6) is 11.5 Å². The van der Waals surface area contributed by atoms with E-state index in [1.807, 2.05) is 62.4 Å². The van der Waals surface area contributed by atoms with Crippen LogP contribution in [-0.4, -0.2) is 33.4 Å². The van der Waals surface area contributed by atoms with Gasteiger partial charge in [0, 0.05) is 17.9 Å². The number of carbonyl (C=O) groups is 2. The number of benzene rings is 2. The fraction of sp³-hybridized carbons (Fsp3) is 0.333. The van der Waals surface area contributed by atoms with Crippen molar-refractivity contribution in [3.8, 4) is 11.5 Å². The lowest BCUT2D eigenvalue weighted by molar-refractivity contribution is -0.135. The fourth-order valence-electron chi connectivity index (χ4n) is 3.59. The molecule has 2 aromatic carbocycles. The van der Waals surface area contributed by atoms with E-state index >= 15 is 0 Å². The molecular weight excluding hydrogens is 360 g/mol. The lowest BCUT2D eigenvalue weighted by Crippen LogP contribution is -2.48. The Kier molecular flexibility index (Phi) is 4.60. The average molecular weight is 382 g/mol. The highest BCUT2D eigenvalue weighted by Gasteiger charge is 2.52. The molecule has 1 N–H and O–H groups in total. The maximum Gasteiger partial charge on any atom is 0.248 e. The molecule has 5 nitrogen and oxygen atoms in total. The molecule has 2 fully saturated rings.